The lowest BCUT2D eigenvalue weighted by Crippen LogP contribution is -2.43. The third kappa shape index (κ3) is 5.44. The maximum Gasteiger partial charge on any atom is 0.260 e. The highest BCUT2D eigenvalue weighted by Gasteiger charge is 2.17. The molecule has 0 atom stereocenters. The molecule has 1 amide bonds. The summed E-state index contributed by atoms with van der Waals surface area (Å²) in [5.41, 5.74) is 2.27. The molecule has 0 spiro atoms. The quantitative estimate of drug-likeness (QED) is 0.443. The lowest BCUT2D eigenvalue weighted by Gasteiger charge is -2.26. The van der Waals surface area contributed by atoms with Crippen molar-refractivity contribution in [1.29, 1.82) is 5.26 Å². The van der Waals surface area contributed by atoms with E-state index >= 15 is 0 Å². The Bertz CT molecular complexity index is 914. The molecule has 7 heteroatoms. The van der Waals surface area contributed by atoms with Gasteiger partial charge >= 0.3 is 0 Å². The second-order valence-corrected chi connectivity index (χ2v) is 7.92. The highest BCUT2D eigenvalue weighted by Crippen LogP contribution is 2.28. The molecular formula is C21H18Br2N2O3. The number of allylic oxidation sites excluding steroid dienone is 1. The van der Waals surface area contributed by atoms with Gasteiger partial charge in [-0.05, 0) is 57.4 Å². The van der Waals surface area contributed by atoms with Gasteiger partial charge in [-0.15, -0.1) is 0 Å². The van der Waals surface area contributed by atoms with E-state index in [0.29, 0.717) is 37.6 Å². The van der Waals surface area contributed by atoms with E-state index in [1.54, 1.807) is 11.0 Å². The number of nitrogens with zero attached hydrogens (tertiary/aromatic N) is 2. The summed E-state index contributed by atoms with van der Waals surface area (Å²) in [5.74, 6) is 0.530. The van der Waals surface area contributed by atoms with Gasteiger partial charge in [0.1, 0.15) is 5.75 Å². The van der Waals surface area contributed by atoms with E-state index in [-0.39, 0.29) is 12.5 Å². The number of ether oxygens (including phenoxy) is 2. The number of benzene rings is 2. The number of hydrogen-bond donors (Lipinski definition) is 0. The first-order valence-electron chi connectivity index (χ1n) is 8.72. The monoisotopic (exact) mass is 504 g/mol. The van der Waals surface area contributed by atoms with Crippen molar-refractivity contribution in [2.24, 2.45) is 0 Å². The maximum atomic E-state index is 12.2. The topological polar surface area (TPSA) is 62.6 Å². The zero-order chi connectivity index (χ0) is 19.9. The van der Waals surface area contributed by atoms with Crippen LogP contribution in [0.25, 0.3) is 11.6 Å². The number of morpholine rings is 1. The normalized spacial score (nSPS) is 14.5. The number of hydrogen-bond acceptors (Lipinski definition) is 4. The first kappa shape index (κ1) is 20.6. The van der Waals surface area contributed by atoms with Gasteiger partial charge in [0, 0.05) is 17.6 Å². The van der Waals surface area contributed by atoms with Gasteiger partial charge in [0.15, 0.2) is 6.61 Å². The number of carbonyl (C=O) groups is 1. The molecule has 2 aromatic carbocycles. The van der Waals surface area contributed by atoms with E-state index in [9.17, 15) is 10.1 Å². The molecule has 5 nitrogen and oxygen atoms in total. The average Bonchev–Trinajstić information content (AvgIpc) is 2.72. The molecule has 0 bridgehead atoms. The Morgan fingerprint density at radius 2 is 1.89 bits per heavy atom. The molecule has 28 heavy (non-hydrogen) atoms. The fraction of sp³-hybridized carbons (Fsp3) is 0.238. The molecule has 1 aliphatic rings. The maximum absolute atomic E-state index is 12.2. The second kappa shape index (κ2) is 9.87. The van der Waals surface area contributed by atoms with E-state index in [0.717, 1.165) is 20.1 Å². The third-order valence-corrected chi connectivity index (χ3v) is 5.41. The predicted molar refractivity (Wildman–Crippen MR) is 115 cm³/mol. The summed E-state index contributed by atoms with van der Waals surface area (Å²) in [5, 5.41) is 9.49. The minimum Gasteiger partial charge on any atom is -0.483 e. The van der Waals surface area contributed by atoms with Crippen LogP contribution in [-0.2, 0) is 9.53 Å². The molecule has 0 saturated carbocycles. The summed E-state index contributed by atoms with van der Waals surface area (Å²) in [7, 11) is 0. The van der Waals surface area contributed by atoms with Crippen LogP contribution in [0.4, 0.5) is 0 Å². The van der Waals surface area contributed by atoms with Crippen LogP contribution < -0.4 is 4.74 Å². The number of halogens is 2. The number of nitriles is 1. The minimum atomic E-state index is -0.0545. The van der Waals surface area contributed by atoms with Crippen LogP contribution in [0.5, 0.6) is 5.75 Å². The van der Waals surface area contributed by atoms with Crippen LogP contribution in [0.3, 0.4) is 0 Å². The number of rotatable bonds is 5. The summed E-state index contributed by atoms with van der Waals surface area (Å²) < 4.78 is 12.6. The molecule has 2 aromatic rings. The molecule has 1 saturated heterocycles. The van der Waals surface area contributed by atoms with Crippen molar-refractivity contribution in [2.75, 3.05) is 32.9 Å². The van der Waals surface area contributed by atoms with Crippen molar-refractivity contribution < 1.29 is 14.3 Å². The van der Waals surface area contributed by atoms with E-state index in [1.807, 2.05) is 42.5 Å². The largest absolute Gasteiger partial charge is 0.483 e. The average molecular weight is 506 g/mol. The lowest BCUT2D eigenvalue weighted by atomic mass is 10.0. The summed E-state index contributed by atoms with van der Waals surface area (Å²) in [6, 6.07) is 15.3. The molecule has 0 unspecified atom stereocenters. The predicted octanol–water partition coefficient (Wildman–Crippen LogP) is 4.51. The Labute approximate surface area is 180 Å². The Balaban J connectivity index is 1.68. The van der Waals surface area contributed by atoms with Crippen LogP contribution in [0.2, 0.25) is 0 Å². The zero-order valence-corrected chi connectivity index (χ0v) is 18.2. The third-order valence-electron chi connectivity index (χ3n) is 4.26. The fourth-order valence-electron chi connectivity index (χ4n) is 2.74. The van der Waals surface area contributed by atoms with E-state index in [1.165, 1.54) is 0 Å². The van der Waals surface area contributed by atoms with Crippen molar-refractivity contribution >= 4 is 49.4 Å². The van der Waals surface area contributed by atoms with E-state index in [4.69, 9.17) is 9.47 Å². The standard InChI is InChI=1S/C21H18Br2N2O3/c22-18-4-2-16(3-5-18)17(13-24)11-15-1-6-20(19(23)12-15)28-14-21(26)25-7-9-27-10-8-25/h1-6,11-12H,7-10,14H2/b17-11-. The molecular weight excluding hydrogens is 488 g/mol. The Kier molecular flexibility index (Phi) is 7.26. The van der Waals surface area contributed by atoms with Crippen molar-refractivity contribution in [3.8, 4) is 11.8 Å². The SMILES string of the molecule is N#C/C(=C/c1ccc(OCC(=O)N2CCOCC2)c(Br)c1)c1ccc(Br)cc1. The number of carbonyl (C=O) groups excluding carboxylic acids is 1. The molecule has 0 radical (unpaired) electrons. The molecule has 1 heterocycles. The Morgan fingerprint density at radius 3 is 2.54 bits per heavy atom. The van der Waals surface area contributed by atoms with Crippen molar-refractivity contribution in [3.63, 3.8) is 0 Å². The summed E-state index contributed by atoms with van der Waals surface area (Å²) in [6.07, 6.45) is 1.82. The van der Waals surface area contributed by atoms with Gasteiger partial charge in [0.05, 0.1) is 29.3 Å². The van der Waals surface area contributed by atoms with Crippen molar-refractivity contribution in [1.82, 2.24) is 4.90 Å². The van der Waals surface area contributed by atoms with Crippen LogP contribution in [0.1, 0.15) is 11.1 Å². The molecule has 0 N–H and O–H groups in total. The first-order chi connectivity index (χ1) is 13.6. The van der Waals surface area contributed by atoms with Gasteiger partial charge in [0.2, 0.25) is 0 Å². The van der Waals surface area contributed by atoms with Gasteiger partial charge in [-0.1, -0.05) is 34.1 Å². The highest BCUT2D eigenvalue weighted by molar-refractivity contribution is 9.10. The van der Waals surface area contributed by atoms with Crippen molar-refractivity contribution in [2.45, 2.75) is 0 Å². The van der Waals surface area contributed by atoms with Gasteiger partial charge in [-0.25, -0.2) is 0 Å². The summed E-state index contributed by atoms with van der Waals surface area (Å²) >= 11 is 6.88. The fourth-order valence-corrected chi connectivity index (χ4v) is 3.52. The van der Waals surface area contributed by atoms with Crippen LogP contribution >= 0.6 is 31.9 Å². The molecule has 1 fully saturated rings. The smallest absolute Gasteiger partial charge is 0.260 e. The summed E-state index contributed by atoms with van der Waals surface area (Å²) in [6.45, 7) is 2.31. The van der Waals surface area contributed by atoms with Crippen molar-refractivity contribution in [3.05, 3.63) is 62.5 Å². The van der Waals surface area contributed by atoms with Crippen LogP contribution in [0, 0.1) is 11.3 Å². The van der Waals surface area contributed by atoms with Gasteiger partial charge < -0.3 is 14.4 Å². The van der Waals surface area contributed by atoms with Crippen LogP contribution in [0.15, 0.2) is 51.4 Å². The number of amides is 1. The van der Waals surface area contributed by atoms with Gasteiger partial charge in [-0.3, -0.25) is 4.79 Å². The lowest BCUT2D eigenvalue weighted by molar-refractivity contribution is -0.137. The minimum absolute atomic E-state index is 0.0177. The van der Waals surface area contributed by atoms with Gasteiger partial charge in [0.25, 0.3) is 5.91 Å². The molecule has 3 rings (SSSR count). The second-order valence-electron chi connectivity index (χ2n) is 6.15. The Morgan fingerprint density at radius 1 is 1.18 bits per heavy atom. The zero-order valence-electron chi connectivity index (χ0n) is 15.0. The van der Waals surface area contributed by atoms with E-state index in [2.05, 4.69) is 37.9 Å². The van der Waals surface area contributed by atoms with E-state index < -0.39 is 0 Å². The first-order valence-corrected chi connectivity index (χ1v) is 10.3. The molecule has 0 aromatic heterocycles. The summed E-state index contributed by atoms with van der Waals surface area (Å²) in [4.78, 5) is 13.9. The highest BCUT2D eigenvalue weighted by atomic mass is 79.9. The van der Waals surface area contributed by atoms with Gasteiger partial charge in [-0.2, -0.15) is 5.26 Å². The van der Waals surface area contributed by atoms with Crippen LogP contribution in [-0.4, -0.2) is 43.7 Å². The molecule has 1 aliphatic heterocycles. The molecule has 0 aliphatic carbocycles. The Hall–Kier alpha value is -2.14. The molecule has 144 valence electrons.